The molecule has 2 radical (unpaired) electrons. The quantitative estimate of drug-likeness (QED) is 0.775. The maximum absolute atomic E-state index is 13.0. The molecule has 2 aromatic rings. The first-order chi connectivity index (χ1) is 12.6. The van der Waals surface area contributed by atoms with Crippen LogP contribution in [-0.4, -0.2) is 39.4 Å². The van der Waals surface area contributed by atoms with Gasteiger partial charge in [0.1, 0.15) is 7.85 Å². The molecule has 0 aromatic heterocycles. The monoisotopic (exact) mass is 350 g/mol. The fourth-order valence-electron chi connectivity index (χ4n) is 3.50. The summed E-state index contributed by atoms with van der Waals surface area (Å²) in [6.07, 6.45) is 1.58. The van der Waals surface area contributed by atoms with Crippen molar-refractivity contribution in [2.24, 2.45) is 5.73 Å². The first-order valence-electron chi connectivity index (χ1n) is 8.71. The smallest absolute Gasteiger partial charge is 0.254 e. The van der Waals surface area contributed by atoms with Gasteiger partial charge < -0.3 is 20.1 Å². The molecule has 1 atom stereocenters. The van der Waals surface area contributed by atoms with E-state index >= 15 is 0 Å². The van der Waals surface area contributed by atoms with Crippen LogP contribution in [0.2, 0.25) is 0 Å². The SMILES string of the molecule is [B]c1cccc2c1CN(C(CCCN)c1ccc(OC)c(OC)c1)C2=O. The van der Waals surface area contributed by atoms with Crippen molar-refractivity contribution in [1.82, 2.24) is 4.90 Å². The fourth-order valence-corrected chi connectivity index (χ4v) is 3.50. The number of fused-ring (bicyclic) bond motifs is 1. The molecule has 0 bridgehead atoms. The third-order valence-electron chi connectivity index (χ3n) is 4.88. The third kappa shape index (κ3) is 3.29. The van der Waals surface area contributed by atoms with Crippen LogP contribution in [0.25, 0.3) is 0 Å². The molecule has 6 heteroatoms. The van der Waals surface area contributed by atoms with Gasteiger partial charge in [-0.05, 0) is 48.7 Å². The van der Waals surface area contributed by atoms with E-state index in [0.717, 1.165) is 24.0 Å². The Bertz CT molecular complexity index is 810. The zero-order valence-electron chi connectivity index (χ0n) is 15.2. The summed E-state index contributed by atoms with van der Waals surface area (Å²) < 4.78 is 10.8. The van der Waals surface area contributed by atoms with Crippen molar-refractivity contribution in [2.75, 3.05) is 20.8 Å². The van der Waals surface area contributed by atoms with E-state index in [2.05, 4.69) is 0 Å². The van der Waals surface area contributed by atoms with Crippen LogP contribution in [0.4, 0.5) is 0 Å². The van der Waals surface area contributed by atoms with Crippen molar-refractivity contribution < 1.29 is 14.3 Å². The number of rotatable bonds is 7. The maximum Gasteiger partial charge on any atom is 0.254 e. The molecule has 0 saturated carbocycles. The number of hydrogen-bond acceptors (Lipinski definition) is 4. The molecule has 3 rings (SSSR count). The van der Waals surface area contributed by atoms with Crippen LogP contribution in [-0.2, 0) is 6.54 Å². The van der Waals surface area contributed by atoms with Gasteiger partial charge in [0.2, 0.25) is 0 Å². The molecule has 0 saturated heterocycles. The lowest BCUT2D eigenvalue weighted by atomic mass is 9.89. The molecule has 1 aliphatic heterocycles. The van der Waals surface area contributed by atoms with Gasteiger partial charge in [-0.3, -0.25) is 4.79 Å². The van der Waals surface area contributed by atoms with Gasteiger partial charge in [-0.15, -0.1) is 0 Å². The minimum atomic E-state index is -0.0994. The molecule has 2 N–H and O–H groups in total. The number of nitrogens with zero attached hydrogens (tertiary/aromatic N) is 1. The average Bonchev–Trinajstić information content (AvgIpc) is 3.00. The highest BCUT2D eigenvalue weighted by Crippen LogP contribution is 2.37. The number of ether oxygens (including phenoxy) is 2. The van der Waals surface area contributed by atoms with Crippen LogP contribution in [0.3, 0.4) is 0 Å². The summed E-state index contributed by atoms with van der Waals surface area (Å²) in [5.74, 6) is 1.31. The highest BCUT2D eigenvalue weighted by molar-refractivity contribution is 6.34. The predicted molar refractivity (Wildman–Crippen MR) is 102 cm³/mol. The molecular formula is C20H23BN2O3. The summed E-state index contributed by atoms with van der Waals surface area (Å²) in [6, 6.07) is 11.2. The zero-order chi connectivity index (χ0) is 18.7. The van der Waals surface area contributed by atoms with Gasteiger partial charge in [0, 0.05) is 12.1 Å². The third-order valence-corrected chi connectivity index (χ3v) is 4.88. The molecule has 134 valence electrons. The minimum Gasteiger partial charge on any atom is -0.493 e. The minimum absolute atomic E-state index is 0.00380. The summed E-state index contributed by atoms with van der Waals surface area (Å²) in [7, 11) is 9.29. The van der Waals surface area contributed by atoms with Crippen LogP contribution >= 0.6 is 0 Å². The second-order valence-corrected chi connectivity index (χ2v) is 6.37. The molecule has 1 heterocycles. The predicted octanol–water partition coefficient (Wildman–Crippen LogP) is 1.93. The number of carbonyl (C=O) groups excluding carboxylic acids is 1. The van der Waals surface area contributed by atoms with E-state index < -0.39 is 0 Å². The topological polar surface area (TPSA) is 64.8 Å². The summed E-state index contributed by atoms with van der Waals surface area (Å²) in [6.45, 7) is 1.07. The van der Waals surface area contributed by atoms with Gasteiger partial charge >= 0.3 is 0 Å². The van der Waals surface area contributed by atoms with E-state index in [1.807, 2.05) is 41.3 Å². The Kier molecular flexibility index (Phi) is 5.52. The number of nitrogens with two attached hydrogens (primary N) is 1. The van der Waals surface area contributed by atoms with Crippen LogP contribution in [0.1, 0.15) is 40.4 Å². The van der Waals surface area contributed by atoms with Crippen LogP contribution in [0, 0.1) is 0 Å². The molecule has 5 nitrogen and oxygen atoms in total. The van der Waals surface area contributed by atoms with Gasteiger partial charge in [0.15, 0.2) is 11.5 Å². The first kappa shape index (κ1) is 18.3. The fraction of sp³-hybridized carbons (Fsp3) is 0.350. The number of hydrogen-bond donors (Lipinski definition) is 1. The van der Waals surface area contributed by atoms with Crippen LogP contribution < -0.4 is 20.7 Å². The van der Waals surface area contributed by atoms with Gasteiger partial charge in [0.25, 0.3) is 5.91 Å². The van der Waals surface area contributed by atoms with Gasteiger partial charge in [-0.25, -0.2) is 0 Å². The first-order valence-corrected chi connectivity index (χ1v) is 8.71. The van der Waals surface area contributed by atoms with Crippen molar-refractivity contribution in [3.05, 3.63) is 53.1 Å². The largest absolute Gasteiger partial charge is 0.493 e. The van der Waals surface area contributed by atoms with Gasteiger partial charge in [0.05, 0.1) is 20.3 Å². The standard InChI is InChI=1S/C20H23BN2O3/c1-25-18-9-8-13(11-19(18)26-2)17(7-4-10-22)23-12-15-14(20(23)24)5-3-6-16(15)21/h3,5-6,8-9,11,17H,4,7,10,12,22H2,1-2H3. The Hall–Kier alpha value is -2.47. The Morgan fingerprint density at radius 2 is 1.96 bits per heavy atom. The van der Waals surface area contributed by atoms with Crippen LogP contribution in [0.15, 0.2) is 36.4 Å². The highest BCUT2D eigenvalue weighted by atomic mass is 16.5. The lowest BCUT2D eigenvalue weighted by Gasteiger charge is -2.29. The van der Waals surface area contributed by atoms with Crippen molar-refractivity contribution in [3.63, 3.8) is 0 Å². The Morgan fingerprint density at radius 1 is 1.19 bits per heavy atom. The zero-order valence-corrected chi connectivity index (χ0v) is 15.2. The average molecular weight is 350 g/mol. The second-order valence-electron chi connectivity index (χ2n) is 6.37. The van der Waals surface area contributed by atoms with Gasteiger partial charge in [-0.2, -0.15) is 0 Å². The second kappa shape index (κ2) is 7.83. The van der Waals surface area contributed by atoms with Crippen molar-refractivity contribution in [3.8, 4) is 11.5 Å². The summed E-state index contributed by atoms with van der Waals surface area (Å²) in [4.78, 5) is 14.9. The Balaban J connectivity index is 1.97. The molecule has 0 spiro atoms. The van der Waals surface area contributed by atoms with E-state index in [-0.39, 0.29) is 11.9 Å². The molecule has 2 aromatic carbocycles. The molecule has 0 fully saturated rings. The van der Waals surface area contributed by atoms with Crippen molar-refractivity contribution >= 4 is 19.2 Å². The lowest BCUT2D eigenvalue weighted by molar-refractivity contribution is 0.0689. The molecular weight excluding hydrogens is 327 g/mol. The summed E-state index contributed by atoms with van der Waals surface area (Å²) in [5.41, 5.74) is 8.96. The van der Waals surface area contributed by atoms with E-state index in [9.17, 15) is 4.79 Å². The molecule has 0 aliphatic carbocycles. The number of amides is 1. The van der Waals surface area contributed by atoms with Crippen molar-refractivity contribution in [2.45, 2.75) is 25.4 Å². The van der Waals surface area contributed by atoms with E-state index in [1.165, 1.54) is 0 Å². The number of carbonyl (C=O) groups is 1. The lowest BCUT2D eigenvalue weighted by Crippen LogP contribution is -2.30. The summed E-state index contributed by atoms with van der Waals surface area (Å²) in [5, 5.41) is 0. The molecule has 26 heavy (non-hydrogen) atoms. The Labute approximate surface area is 155 Å². The highest BCUT2D eigenvalue weighted by Gasteiger charge is 2.34. The van der Waals surface area contributed by atoms with Gasteiger partial charge in [-0.1, -0.05) is 23.7 Å². The number of methoxy groups -OCH3 is 2. The normalized spacial score (nSPS) is 14.3. The summed E-state index contributed by atoms with van der Waals surface area (Å²) >= 11 is 0. The Morgan fingerprint density at radius 3 is 2.62 bits per heavy atom. The number of benzene rings is 2. The molecule has 1 amide bonds. The van der Waals surface area contributed by atoms with E-state index in [4.69, 9.17) is 23.1 Å². The van der Waals surface area contributed by atoms with Crippen LogP contribution in [0.5, 0.6) is 11.5 Å². The molecule has 1 aliphatic rings. The van der Waals surface area contributed by atoms with E-state index in [0.29, 0.717) is 35.6 Å². The van der Waals surface area contributed by atoms with E-state index in [1.54, 1.807) is 14.2 Å². The molecule has 1 unspecified atom stereocenters. The maximum atomic E-state index is 13.0. The van der Waals surface area contributed by atoms with Crippen molar-refractivity contribution in [1.29, 1.82) is 0 Å².